The standard InChI is InChI=1S/C24H31F3N6O3/c1-12-18-20(33(6)19(21(34)31-18)13(2)36-23(3,4)5)32-22(29-12)30-14-9-16(10-14)35-15-7-8-17(28-11-15)24(25,26)27/h7-8,11,13-14,16,19H,9-10H2,1-6H3,(H,31,34)(H,29,30,32)/t13-,14?,16?,19?/m0/s1. The van der Waals surface area contributed by atoms with Crippen molar-refractivity contribution in [1.29, 1.82) is 0 Å². The molecule has 0 saturated heterocycles. The Labute approximate surface area is 207 Å². The van der Waals surface area contributed by atoms with Crippen LogP contribution < -0.4 is 20.3 Å². The van der Waals surface area contributed by atoms with Crippen molar-refractivity contribution in [1.82, 2.24) is 15.0 Å². The van der Waals surface area contributed by atoms with Gasteiger partial charge in [0.15, 0.2) is 5.82 Å². The second kappa shape index (κ2) is 9.38. The van der Waals surface area contributed by atoms with Gasteiger partial charge in [0.2, 0.25) is 11.9 Å². The average molecular weight is 509 g/mol. The number of amides is 1. The fraction of sp³-hybridized carbons (Fsp3) is 0.583. The average Bonchev–Trinajstić information content (AvgIpc) is 2.71. The van der Waals surface area contributed by atoms with Gasteiger partial charge in [0, 0.05) is 25.9 Å². The van der Waals surface area contributed by atoms with Crippen LogP contribution in [0.25, 0.3) is 0 Å². The van der Waals surface area contributed by atoms with E-state index in [1.165, 1.54) is 6.07 Å². The van der Waals surface area contributed by atoms with Crippen molar-refractivity contribution in [3.05, 3.63) is 29.7 Å². The minimum Gasteiger partial charge on any atom is -0.489 e. The molecule has 0 radical (unpaired) electrons. The first-order chi connectivity index (χ1) is 16.7. The number of nitrogens with zero attached hydrogens (tertiary/aromatic N) is 4. The van der Waals surface area contributed by atoms with Crippen LogP contribution in [0, 0.1) is 6.92 Å². The number of aromatic nitrogens is 3. The third-order valence-electron chi connectivity index (χ3n) is 6.08. The van der Waals surface area contributed by atoms with Gasteiger partial charge in [-0.15, -0.1) is 0 Å². The molecule has 2 N–H and O–H groups in total. The van der Waals surface area contributed by atoms with E-state index in [4.69, 9.17) is 9.47 Å². The Hall–Kier alpha value is -3.15. The minimum absolute atomic E-state index is 0.0392. The molecular formula is C24H31F3N6O3. The number of pyridine rings is 1. The maximum atomic E-state index is 12.8. The molecule has 1 aliphatic heterocycles. The number of halogens is 3. The second-order valence-electron chi connectivity index (χ2n) is 10.2. The highest BCUT2D eigenvalue weighted by molar-refractivity contribution is 6.03. The molecule has 9 nitrogen and oxygen atoms in total. The maximum Gasteiger partial charge on any atom is 0.433 e. The lowest BCUT2D eigenvalue weighted by Crippen LogP contribution is -2.54. The molecule has 1 amide bonds. The van der Waals surface area contributed by atoms with Crippen molar-refractivity contribution in [2.24, 2.45) is 0 Å². The molecule has 196 valence electrons. The first-order valence-corrected chi connectivity index (χ1v) is 11.8. The minimum atomic E-state index is -4.48. The molecule has 2 atom stereocenters. The summed E-state index contributed by atoms with van der Waals surface area (Å²) >= 11 is 0. The lowest BCUT2D eigenvalue weighted by molar-refractivity contribution is -0.141. The van der Waals surface area contributed by atoms with E-state index in [1.54, 1.807) is 6.92 Å². The highest BCUT2D eigenvalue weighted by Gasteiger charge is 2.39. The van der Waals surface area contributed by atoms with Gasteiger partial charge in [-0.05, 0) is 46.8 Å². The number of alkyl halides is 3. The molecule has 0 bridgehead atoms. The highest BCUT2D eigenvalue weighted by Crippen LogP contribution is 2.36. The number of carbonyl (C=O) groups is 1. The fourth-order valence-electron chi connectivity index (χ4n) is 4.45. The summed E-state index contributed by atoms with van der Waals surface area (Å²) in [4.78, 5) is 27.2. The number of nitrogens with one attached hydrogen (secondary N) is 2. The van der Waals surface area contributed by atoms with E-state index in [1.807, 2.05) is 39.6 Å². The van der Waals surface area contributed by atoms with Crippen LogP contribution in [0.2, 0.25) is 0 Å². The molecule has 1 aliphatic carbocycles. The van der Waals surface area contributed by atoms with E-state index in [-0.39, 0.29) is 24.2 Å². The maximum absolute atomic E-state index is 12.8. The summed E-state index contributed by atoms with van der Waals surface area (Å²) in [6.07, 6.45) is -2.66. The van der Waals surface area contributed by atoms with Gasteiger partial charge in [-0.3, -0.25) is 4.79 Å². The third-order valence-corrected chi connectivity index (χ3v) is 6.08. The Kier molecular flexibility index (Phi) is 6.76. The number of fused-ring (bicyclic) bond motifs is 1. The number of anilines is 3. The molecule has 36 heavy (non-hydrogen) atoms. The Bertz CT molecular complexity index is 1110. The summed E-state index contributed by atoms with van der Waals surface area (Å²) in [7, 11) is 1.81. The molecule has 1 unspecified atom stereocenters. The molecule has 1 fully saturated rings. The van der Waals surface area contributed by atoms with Crippen molar-refractivity contribution < 1.29 is 27.4 Å². The summed E-state index contributed by atoms with van der Waals surface area (Å²) in [6.45, 7) is 9.49. The number of ether oxygens (including phenoxy) is 2. The zero-order valence-corrected chi connectivity index (χ0v) is 21.1. The second-order valence-corrected chi connectivity index (χ2v) is 10.2. The normalized spacial score (nSPS) is 22.9. The molecule has 2 aromatic heterocycles. The van der Waals surface area contributed by atoms with Gasteiger partial charge < -0.3 is 25.0 Å². The molecule has 1 saturated carbocycles. The smallest absolute Gasteiger partial charge is 0.433 e. The van der Waals surface area contributed by atoms with Crippen molar-refractivity contribution >= 4 is 23.4 Å². The van der Waals surface area contributed by atoms with Gasteiger partial charge in [-0.1, -0.05) is 0 Å². The van der Waals surface area contributed by atoms with E-state index in [0.29, 0.717) is 41.7 Å². The number of hydrogen-bond acceptors (Lipinski definition) is 8. The first kappa shape index (κ1) is 25.9. The van der Waals surface area contributed by atoms with Gasteiger partial charge in [0.25, 0.3) is 0 Å². The summed E-state index contributed by atoms with van der Waals surface area (Å²) in [5.74, 6) is 1.15. The van der Waals surface area contributed by atoms with Crippen molar-refractivity contribution in [3.8, 4) is 5.75 Å². The molecule has 0 aromatic carbocycles. The number of likely N-dealkylation sites (N-methyl/N-ethyl adjacent to an activating group) is 1. The molecule has 3 heterocycles. The summed E-state index contributed by atoms with van der Waals surface area (Å²) in [6, 6.07) is 1.66. The monoisotopic (exact) mass is 508 g/mol. The van der Waals surface area contributed by atoms with Crippen LogP contribution in [0.1, 0.15) is 51.9 Å². The number of hydrogen-bond donors (Lipinski definition) is 2. The van der Waals surface area contributed by atoms with E-state index >= 15 is 0 Å². The SMILES string of the molecule is Cc1nc(NC2CC(Oc3ccc(C(F)(F)F)nc3)C2)nc2c1NC(=O)C([C@H](C)OC(C)(C)C)N2C. The van der Waals surface area contributed by atoms with Crippen molar-refractivity contribution in [2.75, 3.05) is 22.6 Å². The van der Waals surface area contributed by atoms with Crippen LogP contribution in [0.5, 0.6) is 5.75 Å². The molecule has 12 heteroatoms. The number of aryl methyl sites for hydroxylation is 1. The molecule has 0 spiro atoms. The highest BCUT2D eigenvalue weighted by atomic mass is 19.4. The Balaban J connectivity index is 1.39. The zero-order chi connectivity index (χ0) is 26.4. The largest absolute Gasteiger partial charge is 0.489 e. The van der Waals surface area contributed by atoms with Gasteiger partial charge in [0.05, 0.1) is 23.6 Å². The predicted octanol–water partition coefficient (Wildman–Crippen LogP) is 4.18. The molecule has 4 rings (SSSR count). The number of carbonyl (C=O) groups excluding carboxylic acids is 1. The predicted molar refractivity (Wildman–Crippen MR) is 128 cm³/mol. The van der Waals surface area contributed by atoms with Crippen LogP contribution in [0.3, 0.4) is 0 Å². The topological polar surface area (TPSA) is 102 Å². The molecule has 2 aromatic rings. The first-order valence-electron chi connectivity index (χ1n) is 11.8. The van der Waals surface area contributed by atoms with Gasteiger partial charge in [0.1, 0.15) is 29.3 Å². The molecule has 2 aliphatic rings. The molecular weight excluding hydrogens is 477 g/mol. The van der Waals surface area contributed by atoms with Gasteiger partial charge in [-0.2, -0.15) is 18.2 Å². The van der Waals surface area contributed by atoms with Gasteiger partial charge >= 0.3 is 6.18 Å². The van der Waals surface area contributed by atoms with E-state index in [0.717, 1.165) is 12.3 Å². The summed E-state index contributed by atoms with van der Waals surface area (Å²) in [5, 5.41) is 6.21. The van der Waals surface area contributed by atoms with Crippen LogP contribution in [-0.2, 0) is 15.7 Å². The lowest BCUT2D eigenvalue weighted by Gasteiger charge is -2.40. The zero-order valence-electron chi connectivity index (χ0n) is 21.1. The van der Waals surface area contributed by atoms with Crippen LogP contribution in [0.15, 0.2) is 18.3 Å². The van der Waals surface area contributed by atoms with Gasteiger partial charge in [-0.25, -0.2) is 9.97 Å². The number of rotatable bonds is 6. The third kappa shape index (κ3) is 5.63. The van der Waals surface area contributed by atoms with Crippen LogP contribution in [0.4, 0.5) is 30.6 Å². The van der Waals surface area contributed by atoms with Crippen molar-refractivity contribution in [2.45, 2.75) is 83.5 Å². The van der Waals surface area contributed by atoms with E-state index in [9.17, 15) is 18.0 Å². The Morgan fingerprint density at radius 3 is 2.47 bits per heavy atom. The van der Waals surface area contributed by atoms with Crippen molar-refractivity contribution in [3.63, 3.8) is 0 Å². The van der Waals surface area contributed by atoms with E-state index < -0.39 is 23.5 Å². The Morgan fingerprint density at radius 1 is 1.19 bits per heavy atom. The summed E-state index contributed by atoms with van der Waals surface area (Å²) < 4.78 is 49.8. The Morgan fingerprint density at radius 2 is 1.89 bits per heavy atom. The summed E-state index contributed by atoms with van der Waals surface area (Å²) in [5.41, 5.74) is -0.162. The lowest BCUT2D eigenvalue weighted by atomic mass is 9.89. The fourth-order valence-corrected chi connectivity index (χ4v) is 4.45. The van der Waals surface area contributed by atoms with Crippen LogP contribution >= 0.6 is 0 Å². The van der Waals surface area contributed by atoms with E-state index in [2.05, 4.69) is 25.6 Å². The van der Waals surface area contributed by atoms with Crippen LogP contribution in [-0.4, -0.2) is 57.8 Å². The quantitative estimate of drug-likeness (QED) is 0.599.